The summed E-state index contributed by atoms with van der Waals surface area (Å²) in [7, 11) is 0. The molecule has 1 nitrogen and oxygen atoms in total. The monoisotopic (exact) mass is 284 g/mol. The molecule has 3 heteroatoms. The Morgan fingerprint density at radius 3 is 2.35 bits per heavy atom. The van der Waals surface area contributed by atoms with E-state index in [1.165, 1.54) is 12.1 Å². The molecule has 3 rings (SSSR count). The van der Waals surface area contributed by atoms with Crippen molar-refractivity contribution in [1.82, 2.24) is 0 Å². The summed E-state index contributed by atoms with van der Waals surface area (Å²) in [5.41, 5.74) is 0.470. The molecule has 0 aliphatic carbocycles. The van der Waals surface area contributed by atoms with E-state index in [1.807, 2.05) is 30.3 Å². The summed E-state index contributed by atoms with van der Waals surface area (Å²) in [6.45, 7) is 0. The quantitative estimate of drug-likeness (QED) is 0.614. The number of benzene rings is 3. The number of carbonyl (C=O) groups excluding carboxylic acids is 1. The third kappa shape index (κ3) is 2.08. The molecule has 0 fully saturated rings. The smallest absolute Gasteiger partial charge is 0.196 e. The van der Waals surface area contributed by atoms with Gasteiger partial charge in [-0.1, -0.05) is 60.1 Å². The van der Waals surface area contributed by atoms with Crippen LogP contribution in [0.5, 0.6) is 0 Å². The Labute approximate surface area is 120 Å². The van der Waals surface area contributed by atoms with Gasteiger partial charge in [0.1, 0.15) is 0 Å². The zero-order valence-electron chi connectivity index (χ0n) is 10.4. The maximum absolute atomic E-state index is 14.0. The average Bonchev–Trinajstić information content (AvgIpc) is 2.49. The maximum Gasteiger partial charge on any atom is 0.196 e. The second kappa shape index (κ2) is 5.06. The lowest BCUT2D eigenvalue weighted by atomic mass is 9.97. The number of hydrogen-bond donors (Lipinski definition) is 0. The Morgan fingerprint density at radius 1 is 0.850 bits per heavy atom. The van der Waals surface area contributed by atoms with Crippen molar-refractivity contribution in [3.8, 4) is 0 Å². The molecule has 0 aromatic heterocycles. The van der Waals surface area contributed by atoms with Gasteiger partial charge in [-0.05, 0) is 22.9 Å². The lowest BCUT2D eigenvalue weighted by molar-refractivity contribution is 0.103. The minimum absolute atomic E-state index is 0.00569. The van der Waals surface area contributed by atoms with E-state index >= 15 is 0 Å². The van der Waals surface area contributed by atoms with Crippen molar-refractivity contribution in [3.63, 3.8) is 0 Å². The van der Waals surface area contributed by atoms with Crippen LogP contribution in [-0.4, -0.2) is 5.78 Å². The van der Waals surface area contributed by atoms with Crippen LogP contribution in [0, 0.1) is 5.82 Å². The molecule has 0 radical (unpaired) electrons. The van der Waals surface area contributed by atoms with Gasteiger partial charge in [0.2, 0.25) is 0 Å². The Bertz CT molecular complexity index is 806. The lowest BCUT2D eigenvalue weighted by Gasteiger charge is -2.07. The van der Waals surface area contributed by atoms with Crippen molar-refractivity contribution in [1.29, 1.82) is 0 Å². The summed E-state index contributed by atoms with van der Waals surface area (Å²) in [6.07, 6.45) is 0. The minimum atomic E-state index is -0.674. The molecular weight excluding hydrogens is 275 g/mol. The topological polar surface area (TPSA) is 17.1 Å². The Hall–Kier alpha value is -2.19. The predicted octanol–water partition coefficient (Wildman–Crippen LogP) is 4.86. The SMILES string of the molecule is O=C(c1cccc(Cl)c1F)c1cccc2ccccc12. The van der Waals surface area contributed by atoms with Gasteiger partial charge in [0.05, 0.1) is 10.6 Å². The van der Waals surface area contributed by atoms with Gasteiger partial charge in [-0.15, -0.1) is 0 Å². The average molecular weight is 285 g/mol. The molecule has 3 aromatic carbocycles. The third-order valence-electron chi connectivity index (χ3n) is 3.23. The molecular formula is C17H10ClFO. The summed E-state index contributed by atoms with van der Waals surface area (Å²) in [5.74, 6) is -1.03. The van der Waals surface area contributed by atoms with E-state index in [0.717, 1.165) is 10.8 Å². The third-order valence-corrected chi connectivity index (χ3v) is 3.52. The number of hydrogen-bond acceptors (Lipinski definition) is 1. The van der Waals surface area contributed by atoms with Crippen LogP contribution in [-0.2, 0) is 0 Å². The number of carbonyl (C=O) groups is 1. The summed E-state index contributed by atoms with van der Waals surface area (Å²) in [4.78, 5) is 12.5. The zero-order valence-corrected chi connectivity index (χ0v) is 11.2. The van der Waals surface area contributed by atoms with Gasteiger partial charge in [-0.3, -0.25) is 4.79 Å². The second-order valence-corrected chi connectivity index (χ2v) is 4.86. The van der Waals surface area contributed by atoms with Gasteiger partial charge in [0.15, 0.2) is 11.6 Å². The van der Waals surface area contributed by atoms with Crippen LogP contribution in [0.15, 0.2) is 60.7 Å². The number of halogens is 2. The molecule has 0 amide bonds. The summed E-state index contributed by atoms with van der Waals surface area (Å²) >= 11 is 5.74. The fourth-order valence-electron chi connectivity index (χ4n) is 2.25. The Kier molecular flexibility index (Phi) is 3.25. The van der Waals surface area contributed by atoms with Gasteiger partial charge in [0.25, 0.3) is 0 Å². The van der Waals surface area contributed by atoms with Crippen molar-refractivity contribution < 1.29 is 9.18 Å². The van der Waals surface area contributed by atoms with E-state index in [1.54, 1.807) is 18.2 Å². The largest absolute Gasteiger partial charge is 0.288 e. The molecule has 98 valence electrons. The molecule has 0 heterocycles. The molecule has 3 aromatic rings. The highest BCUT2D eigenvalue weighted by atomic mass is 35.5. The van der Waals surface area contributed by atoms with Gasteiger partial charge in [-0.2, -0.15) is 0 Å². The molecule has 0 saturated heterocycles. The molecule has 0 aliphatic heterocycles. The van der Waals surface area contributed by atoms with Crippen LogP contribution < -0.4 is 0 Å². The van der Waals surface area contributed by atoms with Crippen LogP contribution in [0.1, 0.15) is 15.9 Å². The zero-order chi connectivity index (χ0) is 14.1. The highest BCUT2D eigenvalue weighted by molar-refractivity contribution is 6.31. The van der Waals surface area contributed by atoms with E-state index in [0.29, 0.717) is 5.56 Å². The van der Waals surface area contributed by atoms with Gasteiger partial charge in [0, 0.05) is 5.56 Å². The first-order valence-electron chi connectivity index (χ1n) is 6.15. The maximum atomic E-state index is 14.0. The first kappa shape index (κ1) is 12.8. The second-order valence-electron chi connectivity index (χ2n) is 4.46. The van der Waals surface area contributed by atoms with Crippen LogP contribution in [0.4, 0.5) is 4.39 Å². The van der Waals surface area contributed by atoms with Crippen molar-refractivity contribution in [2.75, 3.05) is 0 Å². The molecule has 0 atom stereocenters. The van der Waals surface area contributed by atoms with Gasteiger partial charge in [-0.25, -0.2) is 4.39 Å². The first-order valence-corrected chi connectivity index (χ1v) is 6.53. The number of fused-ring (bicyclic) bond motifs is 1. The van der Waals surface area contributed by atoms with E-state index in [-0.39, 0.29) is 16.4 Å². The van der Waals surface area contributed by atoms with E-state index in [2.05, 4.69) is 0 Å². The van der Waals surface area contributed by atoms with E-state index in [4.69, 9.17) is 11.6 Å². The van der Waals surface area contributed by atoms with Gasteiger partial charge >= 0.3 is 0 Å². The van der Waals surface area contributed by atoms with E-state index in [9.17, 15) is 9.18 Å². The highest BCUT2D eigenvalue weighted by Gasteiger charge is 2.17. The minimum Gasteiger partial charge on any atom is -0.288 e. The van der Waals surface area contributed by atoms with Crippen LogP contribution in [0.25, 0.3) is 10.8 Å². The Morgan fingerprint density at radius 2 is 1.50 bits per heavy atom. The fourth-order valence-corrected chi connectivity index (χ4v) is 2.42. The molecule has 0 spiro atoms. The predicted molar refractivity (Wildman–Crippen MR) is 78.8 cm³/mol. The first-order chi connectivity index (χ1) is 9.68. The van der Waals surface area contributed by atoms with Crippen LogP contribution in [0.2, 0.25) is 5.02 Å². The standard InChI is InChI=1S/C17H10ClFO/c18-15-10-4-9-14(16(15)19)17(20)13-8-3-6-11-5-1-2-7-12(11)13/h1-10H. The van der Waals surface area contributed by atoms with Crippen molar-refractivity contribution in [3.05, 3.63) is 82.6 Å². The summed E-state index contributed by atoms with van der Waals surface area (Å²) in [5, 5.41) is 1.70. The summed E-state index contributed by atoms with van der Waals surface area (Å²) < 4.78 is 14.0. The molecule has 0 aliphatic rings. The summed E-state index contributed by atoms with van der Waals surface area (Å²) in [6, 6.07) is 17.4. The molecule has 0 unspecified atom stereocenters. The molecule has 0 saturated carbocycles. The van der Waals surface area contributed by atoms with Crippen molar-refractivity contribution in [2.45, 2.75) is 0 Å². The van der Waals surface area contributed by atoms with Gasteiger partial charge < -0.3 is 0 Å². The lowest BCUT2D eigenvalue weighted by Crippen LogP contribution is -2.05. The van der Waals surface area contributed by atoms with Crippen molar-refractivity contribution in [2.24, 2.45) is 0 Å². The normalized spacial score (nSPS) is 10.7. The Balaban J connectivity index is 2.21. The van der Waals surface area contributed by atoms with Crippen LogP contribution >= 0.6 is 11.6 Å². The molecule has 0 bridgehead atoms. The molecule has 0 N–H and O–H groups in total. The van der Waals surface area contributed by atoms with Crippen molar-refractivity contribution >= 4 is 28.2 Å². The van der Waals surface area contributed by atoms with Crippen LogP contribution in [0.3, 0.4) is 0 Å². The van der Waals surface area contributed by atoms with E-state index < -0.39 is 5.82 Å². The molecule has 20 heavy (non-hydrogen) atoms. The number of rotatable bonds is 2. The number of ketones is 1. The highest BCUT2D eigenvalue weighted by Crippen LogP contribution is 2.25. The fraction of sp³-hybridized carbons (Fsp3) is 0.